The lowest BCUT2D eigenvalue weighted by Crippen LogP contribution is -2.38. The fraction of sp³-hybridized carbons (Fsp3) is 0.308. The van der Waals surface area contributed by atoms with Crippen LogP contribution in [0.15, 0.2) is 99.6 Å². The summed E-state index contributed by atoms with van der Waals surface area (Å²) >= 11 is 0. The van der Waals surface area contributed by atoms with Crippen molar-refractivity contribution in [1.29, 1.82) is 0 Å². The Morgan fingerprint density at radius 3 is 1.77 bits per heavy atom. The third kappa shape index (κ3) is 6.19. The van der Waals surface area contributed by atoms with Gasteiger partial charge in [0.25, 0.3) is 0 Å². The van der Waals surface area contributed by atoms with Crippen molar-refractivity contribution >= 4 is 10.9 Å². The molecule has 0 saturated heterocycles. The first-order chi connectivity index (χ1) is 14.7. The highest BCUT2D eigenvalue weighted by Crippen LogP contribution is 2.31. The van der Waals surface area contributed by atoms with Crippen LogP contribution in [0.1, 0.15) is 12.5 Å². The van der Waals surface area contributed by atoms with E-state index in [1.54, 1.807) is 14.2 Å². The van der Waals surface area contributed by atoms with Crippen molar-refractivity contribution < 1.29 is 9.47 Å². The van der Waals surface area contributed by atoms with Gasteiger partial charge < -0.3 is 9.47 Å². The molecular weight excluding hydrogens is 390 g/mol. The first kappa shape index (κ1) is 22.6. The summed E-state index contributed by atoms with van der Waals surface area (Å²) in [6.07, 6.45) is 0. The van der Waals surface area contributed by atoms with E-state index in [2.05, 4.69) is 96.8 Å². The van der Waals surface area contributed by atoms with E-state index in [1.807, 2.05) is 0 Å². The molecule has 0 aliphatic heterocycles. The van der Waals surface area contributed by atoms with E-state index in [0.717, 1.165) is 19.7 Å². The summed E-state index contributed by atoms with van der Waals surface area (Å²) in [6, 6.07) is 31.0. The molecule has 3 aromatic rings. The zero-order valence-electron chi connectivity index (χ0n) is 18.2. The number of methoxy groups -OCH3 is 2. The maximum atomic E-state index is 5.37. The largest absolute Gasteiger partial charge is 0.383 e. The zero-order chi connectivity index (χ0) is 21.2. The molecule has 0 fully saturated rings. The Labute approximate surface area is 184 Å². The van der Waals surface area contributed by atoms with Gasteiger partial charge in [0.05, 0.1) is 24.1 Å². The number of benzene rings is 3. The highest BCUT2D eigenvalue weighted by atomic mass is 32.2. The molecule has 158 valence electrons. The number of hydrogen-bond acceptors (Lipinski definition) is 3. The Morgan fingerprint density at radius 1 is 0.733 bits per heavy atom. The van der Waals surface area contributed by atoms with E-state index in [-0.39, 0.29) is 10.9 Å². The van der Waals surface area contributed by atoms with Gasteiger partial charge >= 0.3 is 0 Å². The highest BCUT2D eigenvalue weighted by Gasteiger charge is 2.28. The fourth-order valence-electron chi connectivity index (χ4n) is 3.50. The summed E-state index contributed by atoms with van der Waals surface area (Å²) in [5, 5.41) is 0. The Morgan fingerprint density at radius 2 is 1.27 bits per heavy atom. The highest BCUT2D eigenvalue weighted by molar-refractivity contribution is 7.97. The van der Waals surface area contributed by atoms with Crippen LogP contribution in [0.25, 0.3) is 0 Å². The number of ether oxygens (including phenoxy) is 2. The average Bonchev–Trinajstić information content (AvgIpc) is 2.79. The van der Waals surface area contributed by atoms with E-state index in [1.165, 1.54) is 20.2 Å². The van der Waals surface area contributed by atoms with Crippen LogP contribution in [-0.2, 0) is 26.9 Å². The Balaban J connectivity index is 1.83. The SMILES string of the molecule is COCCN(Cc1ccc([S+](c2ccccc2)c2ccccc2)cc1)C(C)COC. The molecule has 0 bridgehead atoms. The molecule has 0 N–H and O–H groups in total. The molecule has 0 aliphatic carbocycles. The lowest BCUT2D eigenvalue weighted by molar-refractivity contribution is 0.0705. The zero-order valence-corrected chi connectivity index (χ0v) is 19.0. The van der Waals surface area contributed by atoms with Crippen molar-refractivity contribution in [2.45, 2.75) is 34.2 Å². The standard InChI is InChI=1S/C26H32NO2S/c1-22(21-29-3)27(18-19-28-2)20-23-14-16-26(17-15-23)30(24-10-6-4-7-11-24)25-12-8-5-9-13-25/h4-17,22H,18-21H2,1-3H3/q+1. The molecule has 3 aromatic carbocycles. The van der Waals surface area contributed by atoms with Gasteiger partial charge in [-0.2, -0.15) is 0 Å². The van der Waals surface area contributed by atoms with E-state index in [9.17, 15) is 0 Å². The smallest absolute Gasteiger partial charge is 0.166 e. The van der Waals surface area contributed by atoms with Crippen LogP contribution in [0.2, 0.25) is 0 Å². The third-order valence-corrected chi connectivity index (χ3v) is 7.35. The van der Waals surface area contributed by atoms with Crippen LogP contribution in [0.4, 0.5) is 0 Å². The van der Waals surface area contributed by atoms with Gasteiger partial charge in [0.2, 0.25) is 0 Å². The summed E-state index contributed by atoms with van der Waals surface area (Å²) in [5.74, 6) is 0. The Bertz CT molecular complexity index is 816. The van der Waals surface area contributed by atoms with Gasteiger partial charge in [0, 0.05) is 33.4 Å². The van der Waals surface area contributed by atoms with Gasteiger partial charge in [-0.15, -0.1) is 0 Å². The van der Waals surface area contributed by atoms with Crippen LogP contribution in [0.5, 0.6) is 0 Å². The van der Waals surface area contributed by atoms with Crippen molar-refractivity contribution in [3.05, 3.63) is 90.5 Å². The number of nitrogens with zero attached hydrogens (tertiary/aromatic N) is 1. The molecule has 1 unspecified atom stereocenters. The maximum Gasteiger partial charge on any atom is 0.166 e. The van der Waals surface area contributed by atoms with Gasteiger partial charge in [0.1, 0.15) is 0 Å². The molecule has 0 radical (unpaired) electrons. The summed E-state index contributed by atoms with van der Waals surface area (Å²) in [5.41, 5.74) is 1.31. The molecule has 4 heteroatoms. The molecule has 3 rings (SSSR count). The maximum absolute atomic E-state index is 5.37. The minimum Gasteiger partial charge on any atom is -0.383 e. The summed E-state index contributed by atoms with van der Waals surface area (Å²) in [6.45, 7) is 5.42. The molecule has 0 saturated carbocycles. The number of hydrogen-bond donors (Lipinski definition) is 0. The normalized spacial score (nSPS) is 12.4. The van der Waals surface area contributed by atoms with Gasteiger partial charge in [-0.05, 0) is 48.9 Å². The average molecular weight is 423 g/mol. The second-order valence-electron chi connectivity index (χ2n) is 7.34. The van der Waals surface area contributed by atoms with E-state index in [4.69, 9.17) is 9.47 Å². The summed E-state index contributed by atoms with van der Waals surface area (Å²) in [4.78, 5) is 6.43. The molecule has 3 nitrogen and oxygen atoms in total. The van der Waals surface area contributed by atoms with Crippen molar-refractivity contribution in [3.8, 4) is 0 Å². The van der Waals surface area contributed by atoms with Crippen LogP contribution in [-0.4, -0.2) is 44.9 Å². The van der Waals surface area contributed by atoms with E-state index in [0.29, 0.717) is 12.6 Å². The second-order valence-corrected chi connectivity index (χ2v) is 9.37. The lowest BCUT2D eigenvalue weighted by Gasteiger charge is -2.28. The molecule has 1 atom stereocenters. The van der Waals surface area contributed by atoms with Gasteiger partial charge in [-0.3, -0.25) is 4.90 Å². The molecule has 0 aliphatic rings. The molecule has 0 amide bonds. The lowest BCUT2D eigenvalue weighted by atomic mass is 10.2. The van der Waals surface area contributed by atoms with Crippen molar-refractivity contribution in [1.82, 2.24) is 4.90 Å². The van der Waals surface area contributed by atoms with Gasteiger partial charge in [0.15, 0.2) is 14.7 Å². The van der Waals surface area contributed by atoms with Crippen LogP contribution in [0.3, 0.4) is 0 Å². The van der Waals surface area contributed by atoms with Crippen molar-refractivity contribution in [2.24, 2.45) is 0 Å². The Kier molecular flexibility index (Phi) is 8.97. The number of rotatable bonds is 11. The quantitative estimate of drug-likeness (QED) is 0.393. The molecule has 0 heterocycles. The molecule has 30 heavy (non-hydrogen) atoms. The fourth-order valence-corrected chi connectivity index (χ4v) is 5.58. The first-order valence-corrected chi connectivity index (χ1v) is 11.6. The topological polar surface area (TPSA) is 21.7 Å². The van der Waals surface area contributed by atoms with Crippen molar-refractivity contribution in [3.63, 3.8) is 0 Å². The third-order valence-electron chi connectivity index (χ3n) is 5.12. The Hall–Kier alpha value is -2.11. The minimum atomic E-state index is -0.106. The van der Waals surface area contributed by atoms with E-state index >= 15 is 0 Å². The van der Waals surface area contributed by atoms with Crippen molar-refractivity contribution in [2.75, 3.05) is 34.0 Å². The molecular formula is C26H32NO2S+. The molecule has 0 aromatic heterocycles. The second kappa shape index (κ2) is 11.9. The van der Waals surface area contributed by atoms with Crippen LogP contribution < -0.4 is 0 Å². The predicted octanol–water partition coefficient (Wildman–Crippen LogP) is 5.27. The van der Waals surface area contributed by atoms with Crippen LogP contribution in [0, 0.1) is 0 Å². The van der Waals surface area contributed by atoms with Gasteiger partial charge in [-0.25, -0.2) is 0 Å². The van der Waals surface area contributed by atoms with Crippen LogP contribution >= 0.6 is 0 Å². The van der Waals surface area contributed by atoms with E-state index < -0.39 is 0 Å². The first-order valence-electron chi connectivity index (χ1n) is 10.4. The molecule has 0 spiro atoms. The summed E-state index contributed by atoms with van der Waals surface area (Å²) < 4.78 is 10.7. The minimum absolute atomic E-state index is 0.106. The van der Waals surface area contributed by atoms with Gasteiger partial charge in [-0.1, -0.05) is 48.5 Å². The monoisotopic (exact) mass is 422 g/mol. The predicted molar refractivity (Wildman–Crippen MR) is 125 cm³/mol. The summed E-state index contributed by atoms with van der Waals surface area (Å²) in [7, 11) is 3.40.